The van der Waals surface area contributed by atoms with E-state index in [1.165, 1.54) is 0 Å². The molecule has 1 aromatic rings. The summed E-state index contributed by atoms with van der Waals surface area (Å²) in [6.45, 7) is 0. The van der Waals surface area contributed by atoms with Crippen LogP contribution in [0.2, 0.25) is 0 Å². The number of hydrogen-bond acceptors (Lipinski definition) is 3. The van der Waals surface area contributed by atoms with Gasteiger partial charge in [0.25, 0.3) is 6.43 Å². The van der Waals surface area contributed by atoms with E-state index in [0.29, 0.717) is 6.20 Å². The maximum absolute atomic E-state index is 13.0. The van der Waals surface area contributed by atoms with Gasteiger partial charge in [-0.3, -0.25) is 4.98 Å². The first-order valence-electron chi connectivity index (χ1n) is 3.98. The summed E-state index contributed by atoms with van der Waals surface area (Å²) in [5.41, 5.74) is -0.838. The second kappa shape index (κ2) is 4.64. The molecule has 0 saturated carbocycles. The predicted octanol–water partition coefficient (Wildman–Crippen LogP) is 2.23. The maximum atomic E-state index is 13.0. The van der Waals surface area contributed by atoms with Crippen LogP contribution >= 0.6 is 0 Å². The van der Waals surface area contributed by atoms with Crippen LogP contribution in [0.15, 0.2) is 6.20 Å². The highest BCUT2D eigenvalue weighted by molar-refractivity contribution is 5.39. The lowest BCUT2D eigenvalue weighted by Gasteiger charge is -2.11. The third-order valence-corrected chi connectivity index (χ3v) is 1.77. The van der Waals surface area contributed by atoms with Gasteiger partial charge in [0.05, 0.1) is 37.1 Å². The molecule has 3 nitrogen and oxygen atoms in total. The Morgan fingerprint density at radius 1 is 1.60 bits per heavy atom. The lowest BCUT2D eigenvalue weighted by atomic mass is 10.1. The van der Waals surface area contributed by atoms with Gasteiger partial charge in [0.15, 0.2) is 11.6 Å². The van der Waals surface area contributed by atoms with E-state index >= 15 is 0 Å². The summed E-state index contributed by atoms with van der Waals surface area (Å²) >= 11 is 0. The summed E-state index contributed by atoms with van der Waals surface area (Å²) < 4.78 is 42.6. The van der Waals surface area contributed by atoms with Crippen LogP contribution in [0.4, 0.5) is 13.2 Å². The lowest BCUT2D eigenvalue weighted by Crippen LogP contribution is -2.03. The number of nitriles is 1. The average molecular weight is 216 g/mol. The molecular formula is C9H7F3N2O. The summed E-state index contributed by atoms with van der Waals surface area (Å²) in [5, 5.41) is 8.41. The Kier molecular flexibility index (Phi) is 3.50. The number of halogens is 3. The van der Waals surface area contributed by atoms with Crippen LogP contribution in [0, 0.1) is 17.1 Å². The largest absolute Gasteiger partial charge is 0.494 e. The van der Waals surface area contributed by atoms with E-state index in [1.807, 2.05) is 0 Å². The molecular weight excluding hydrogens is 209 g/mol. The van der Waals surface area contributed by atoms with Gasteiger partial charge in [-0.2, -0.15) is 5.26 Å². The Balaban J connectivity index is 3.34. The Morgan fingerprint density at radius 3 is 2.73 bits per heavy atom. The molecule has 0 aliphatic heterocycles. The fraction of sp³-hybridized carbons (Fsp3) is 0.333. The number of rotatable bonds is 3. The molecule has 0 fully saturated rings. The van der Waals surface area contributed by atoms with Crippen molar-refractivity contribution in [1.82, 2.24) is 4.98 Å². The van der Waals surface area contributed by atoms with Crippen molar-refractivity contribution in [2.45, 2.75) is 12.8 Å². The van der Waals surface area contributed by atoms with E-state index < -0.39 is 17.8 Å². The van der Waals surface area contributed by atoms with Gasteiger partial charge in [-0.25, -0.2) is 13.2 Å². The molecule has 6 heteroatoms. The van der Waals surface area contributed by atoms with Crippen LogP contribution in [0.1, 0.15) is 17.7 Å². The predicted molar refractivity (Wildman–Crippen MR) is 45.0 cm³/mol. The van der Waals surface area contributed by atoms with Gasteiger partial charge < -0.3 is 4.74 Å². The molecule has 0 atom stereocenters. The smallest absolute Gasteiger partial charge is 0.270 e. The Bertz CT molecular complexity index is 401. The van der Waals surface area contributed by atoms with Crippen molar-refractivity contribution in [3.8, 4) is 11.8 Å². The van der Waals surface area contributed by atoms with Crippen molar-refractivity contribution in [2.75, 3.05) is 7.11 Å². The molecule has 1 aromatic heterocycles. The van der Waals surface area contributed by atoms with Crippen molar-refractivity contribution < 1.29 is 17.9 Å². The third kappa shape index (κ3) is 2.18. The zero-order valence-electron chi connectivity index (χ0n) is 7.80. The standard InChI is InChI=1S/C9H7F3N2O/c1-15-8-6(2-3-13)14-4-5(10)7(8)9(11)12/h4,9H,2H2,1H3. The first-order valence-corrected chi connectivity index (χ1v) is 3.98. The van der Waals surface area contributed by atoms with Crippen molar-refractivity contribution in [3.63, 3.8) is 0 Å². The van der Waals surface area contributed by atoms with E-state index in [1.54, 1.807) is 6.07 Å². The average Bonchev–Trinajstić information content (AvgIpc) is 2.19. The van der Waals surface area contributed by atoms with Crippen LogP contribution in [-0.2, 0) is 6.42 Å². The summed E-state index contributed by atoms with van der Waals surface area (Å²) in [7, 11) is 1.13. The minimum atomic E-state index is -3.00. The molecule has 0 spiro atoms. The summed E-state index contributed by atoms with van der Waals surface area (Å²) in [4.78, 5) is 3.53. The Morgan fingerprint density at radius 2 is 2.27 bits per heavy atom. The molecule has 0 unspecified atom stereocenters. The number of methoxy groups -OCH3 is 1. The quantitative estimate of drug-likeness (QED) is 0.778. The highest BCUT2D eigenvalue weighted by atomic mass is 19.3. The summed E-state index contributed by atoms with van der Waals surface area (Å²) in [6, 6.07) is 1.73. The van der Waals surface area contributed by atoms with Crippen molar-refractivity contribution in [3.05, 3.63) is 23.3 Å². The molecule has 0 radical (unpaired) electrons. The zero-order chi connectivity index (χ0) is 11.4. The molecule has 1 heterocycles. The highest BCUT2D eigenvalue weighted by Crippen LogP contribution is 2.33. The number of hydrogen-bond donors (Lipinski definition) is 0. The van der Waals surface area contributed by atoms with Gasteiger partial charge in [0, 0.05) is 0 Å². The Labute approximate surface area is 84.1 Å². The molecule has 0 saturated heterocycles. The van der Waals surface area contributed by atoms with Gasteiger partial charge in [-0.1, -0.05) is 0 Å². The summed E-state index contributed by atoms with van der Waals surface area (Å²) in [6.07, 6.45) is -2.54. The van der Waals surface area contributed by atoms with Crippen molar-refractivity contribution >= 4 is 0 Å². The first-order chi connectivity index (χ1) is 7.11. The molecule has 80 valence electrons. The second-order valence-electron chi connectivity index (χ2n) is 2.64. The Hall–Kier alpha value is -1.77. The molecule has 0 amide bonds. The normalized spacial score (nSPS) is 10.1. The van der Waals surface area contributed by atoms with E-state index in [0.717, 1.165) is 7.11 Å². The van der Waals surface area contributed by atoms with Crippen LogP contribution in [0.5, 0.6) is 5.75 Å². The van der Waals surface area contributed by atoms with Crippen LogP contribution in [0.25, 0.3) is 0 Å². The number of ether oxygens (including phenoxy) is 1. The number of nitrogens with zero attached hydrogens (tertiary/aromatic N) is 2. The van der Waals surface area contributed by atoms with Crippen molar-refractivity contribution in [1.29, 1.82) is 5.26 Å². The van der Waals surface area contributed by atoms with E-state index in [4.69, 9.17) is 5.26 Å². The number of aromatic nitrogens is 1. The van der Waals surface area contributed by atoms with E-state index in [-0.39, 0.29) is 17.9 Å². The van der Waals surface area contributed by atoms with Crippen molar-refractivity contribution in [2.24, 2.45) is 0 Å². The van der Waals surface area contributed by atoms with Gasteiger partial charge in [0.1, 0.15) is 0 Å². The number of pyridine rings is 1. The topological polar surface area (TPSA) is 45.9 Å². The maximum Gasteiger partial charge on any atom is 0.270 e. The third-order valence-electron chi connectivity index (χ3n) is 1.77. The molecule has 15 heavy (non-hydrogen) atoms. The first kappa shape index (κ1) is 11.3. The SMILES string of the molecule is COc1c(CC#N)ncc(F)c1C(F)F. The van der Waals surface area contributed by atoms with E-state index in [9.17, 15) is 13.2 Å². The van der Waals surface area contributed by atoms with Crippen LogP contribution < -0.4 is 4.74 Å². The van der Waals surface area contributed by atoms with Gasteiger partial charge in [-0.15, -0.1) is 0 Å². The lowest BCUT2D eigenvalue weighted by molar-refractivity contribution is 0.141. The second-order valence-corrected chi connectivity index (χ2v) is 2.64. The minimum Gasteiger partial charge on any atom is -0.494 e. The zero-order valence-corrected chi connectivity index (χ0v) is 7.80. The molecule has 0 aliphatic rings. The summed E-state index contributed by atoms with van der Waals surface area (Å²) in [5.74, 6) is -1.49. The fourth-order valence-electron chi connectivity index (χ4n) is 1.16. The van der Waals surface area contributed by atoms with Gasteiger partial charge in [-0.05, 0) is 0 Å². The highest BCUT2D eigenvalue weighted by Gasteiger charge is 2.23. The van der Waals surface area contributed by atoms with Crippen LogP contribution in [-0.4, -0.2) is 12.1 Å². The van der Waals surface area contributed by atoms with Crippen LogP contribution in [0.3, 0.4) is 0 Å². The molecule has 0 N–H and O–H groups in total. The van der Waals surface area contributed by atoms with Gasteiger partial charge >= 0.3 is 0 Å². The molecule has 0 aromatic carbocycles. The number of alkyl halides is 2. The molecule has 1 rings (SSSR count). The van der Waals surface area contributed by atoms with Gasteiger partial charge in [0.2, 0.25) is 0 Å². The van der Waals surface area contributed by atoms with E-state index in [2.05, 4.69) is 9.72 Å². The molecule has 0 bridgehead atoms. The monoisotopic (exact) mass is 216 g/mol. The minimum absolute atomic E-state index is 0.0108. The fourth-order valence-corrected chi connectivity index (χ4v) is 1.16. The molecule has 0 aliphatic carbocycles.